The molecule has 2 aliphatic rings. The number of ether oxygens (including phenoxy) is 2. The summed E-state index contributed by atoms with van der Waals surface area (Å²) in [6, 6.07) is 6.49. The van der Waals surface area contributed by atoms with Gasteiger partial charge in [0.1, 0.15) is 11.6 Å². The lowest BCUT2D eigenvalue weighted by Crippen LogP contribution is -2.52. The van der Waals surface area contributed by atoms with Gasteiger partial charge in [-0.2, -0.15) is 13.2 Å². The number of alkyl halides is 3. The maximum atomic E-state index is 13.4. The van der Waals surface area contributed by atoms with Crippen LogP contribution in [0.4, 0.5) is 29.5 Å². The number of aryl methyl sites for hydroxylation is 1. The Hall–Kier alpha value is -3.80. The van der Waals surface area contributed by atoms with Gasteiger partial charge in [0.15, 0.2) is 11.5 Å². The number of hydrogen-bond acceptors (Lipinski definition) is 8. The molecule has 0 bridgehead atoms. The number of anilines is 2. The molecule has 9 nitrogen and oxygen atoms in total. The zero-order valence-corrected chi connectivity index (χ0v) is 22.0. The number of methoxy groups -OCH3 is 1. The number of nitrogens with zero attached hydrogens (tertiary/aromatic N) is 4. The van der Waals surface area contributed by atoms with Crippen molar-refractivity contribution in [2.75, 3.05) is 44.3 Å². The molecule has 5 rings (SSSR count). The van der Waals surface area contributed by atoms with E-state index in [1.807, 2.05) is 0 Å². The average molecular weight is 545 g/mol. The van der Waals surface area contributed by atoms with Crippen LogP contribution in [0, 0.1) is 6.92 Å². The molecule has 2 fully saturated rings. The second kappa shape index (κ2) is 10.4. The summed E-state index contributed by atoms with van der Waals surface area (Å²) in [5.41, 5.74) is 5.82. The first-order valence-corrected chi connectivity index (χ1v) is 12.8. The van der Waals surface area contributed by atoms with Crippen molar-refractivity contribution in [1.29, 1.82) is 0 Å². The molecule has 2 saturated heterocycles. The minimum absolute atomic E-state index is 0.00886. The predicted molar refractivity (Wildman–Crippen MR) is 141 cm³/mol. The highest BCUT2D eigenvalue weighted by Gasteiger charge is 2.34. The van der Waals surface area contributed by atoms with Gasteiger partial charge in [-0.05, 0) is 63.1 Å². The number of carbonyl (C=O) groups excluding carboxylic acids is 1. The number of amides is 1. The third-order valence-electron chi connectivity index (χ3n) is 7.29. The van der Waals surface area contributed by atoms with Crippen molar-refractivity contribution < 1.29 is 27.4 Å². The van der Waals surface area contributed by atoms with Crippen LogP contribution < -0.4 is 20.5 Å². The summed E-state index contributed by atoms with van der Waals surface area (Å²) in [4.78, 5) is 26.2. The number of benzene rings is 2. The van der Waals surface area contributed by atoms with E-state index in [4.69, 9.17) is 15.2 Å². The number of aromatic nitrogens is 2. The molecular weight excluding hydrogens is 513 g/mol. The van der Waals surface area contributed by atoms with Crippen molar-refractivity contribution in [2.24, 2.45) is 0 Å². The highest BCUT2D eigenvalue weighted by Crippen LogP contribution is 2.37. The van der Waals surface area contributed by atoms with Crippen molar-refractivity contribution in [3.05, 3.63) is 47.3 Å². The molecule has 3 heterocycles. The zero-order chi connectivity index (χ0) is 27.9. The van der Waals surface area contributed by atoms with Gasteiger partial charge in [-0.15, -0.1) is 0 Å². The molecule has 208 valence electrons. The second-order valence-electron chi connectivity index (χ2n) is 10.0. The van der Waals surface area contributed by atoms with Crippen LogP contribution in [0.5, 0.6) is 11.5 Å². The Morgan fingerprint density at radius 3 is 2.67 bits per heavy atom. The van der Waals surface area contributed by atoms with Gasteiger partial charge in [-0.3, -0.25) is 4.90 Å². The quantitative estimate of drug-likeness (QED) is 0.433. The normalized spacial score (nSPS) is 18.6. The first kappa shape index (κ1) is 26.8. The van der Waals surface area contributed by atoms with Crippen LogP contribution in [0.1, 0.15) is 42.8 Å². The predicted octanol–water partition coefficient (Wildman–Crippen LogP) is 5.00. The van der Waals surface area contributed by atoms with Gasteiger partial charge in [-0.25, -0.2) is 14.8 Å². The van der Waals surface area contributed by atoms with E-state index in [-0.39, 0.29) is 11.4 Å². The smallest absolute Gasteiger partial charge is 0.416 e. The fraction of sp³-hybridized carbons (Fsp3) is 0.444. The summed E-state index contributed by atoms with van der Waals surface area (Å²) in [7, 11) is 1.48. The molecular formula is C27H31F3N6O3. The summed E-state index contributed by atoms with van der Waals surface area (Å²) in [5.74, 6) is 1.36. The van der Waals surface area contributed by atoms with Gasteiger partial charge in [0, 0.05) is 42.8 Å². The third-order valence-corrected chi connectivity index (χ3v) is 7.29. The third kappa shape index (κ3) is 5.65. The Balaban J connectivity index is 1.44. The van der Waals surface area contributed by atoms with Crippen LogP contribution in [-0.4, -0.2) is 65.2 Å². The van der Waals surface area contributed by atoms with Gasteiger partial charge in [-0.1, -0.05) is 0 Å². The summed E-state index contributed by atoms with van der Waals surface area (Å²) in [6.07, 6.45) is -2.80. The van der Waals surface area contributed by atoms with E-state index in [9.17, 15) is 18.0 Å². The van der Waals surface area contributed by atoms with Gasteiger partial charge in [0.2, 0.25) is 0 Å². The minimum Gasteiger partial charge on any atom is -0.493 e. The summed E-state index contributed by atoms with van der Waals surface area (Å²) >= 11 is 0. The largest absolute Gasteiger partial charge is 0.493 e. The number of nitrogens with two attached hydrogens (primary N) is 1. The molecule has 2 atom stereocenters. The number of nitrogens with one attached hydrogen (secondary N) is 1. The van der Waals surface area contributed by atoms with E-state index >= 15 is 0 Å². The van der Waals surface area contributed by atoms with E-state index < -0.39 is 23.9 Å². The molecule has 3 N–H and O–H groups in total. The van der Waals surface area contributed by atoms with Crippen LogP contribution in [0.2, 0.25) is 0 Å². The Kier molecular flexibility index (Phi) is 7.15. The van der Waals surface area contributed by atoms with Crippen LogP contribution in [0.25, 0.3) is 10.9 Å². The van der Waals surface area contributed by atoms with Gasteiger partial charge >= 0.3 is 12.3 Å². The number of nitrogen functional groups attached to an aromatic ring is 1. The maximum absolute atomic E-state index is 13.4. The molecule has 2 aliphatic heterocycles. The van der Waals surface area contributed by atoms with E-state index in [1.165, 1.54) is 13.2 Å². The maximum Gasteiger partial charge on any atom is 0.416 e. The molecule has 1 unspecified atom stereocenters. The number of carbonyl (C=O) groups is 1. The van der Waals surface area contributed by atoms with Crippen molar-refractivity contribution >= 4 is 28.5 Å². The highest BCUT2D eigenvalue weighted by molar-refractivity contribution is 5.92. The molecule has 12 heteroatoms. The Bertz CT molecular complexity index is 1400. The van der Waals surface area contributed by atoms with E-state index in [1.54, 1.807) is 30.9 Å². The molecule has 1 aromatic heterocycles. The lowest BCUT2D eigenvalue weighted by atomic mass is 10.0. The van der Waals surface area contributed by atoms with Crippen LogP contribution in [0.15, 0.2) is 30.3 Å². The van der Waals surface area contributed by atoms with Crippen molar-refractivity contribution in [3.63, 3.8) is 0 Å². The molecule has 0 radical (unpaired) electrons. The minimum atomic E-state index is -4.53. The van der Waals surface area contributed by atoms with Gasteiger partial charge in [0.25, 0.3) is 0 Å². The number of rotatable bonds is 5. The summed E-state index contributed by atoms with van der Waals surface area (Å²) in [6.45, 7) is 6.49. The van der Waals surface area contributed by atoms with E-state index in [0.717, 1.165) is 38.1 Å². The van der Waals surface area contributed by atoms with E-state index in [0.29, 0.717) is 53.0 Å². The van der Waals surface area contributed by atoms with Crippen molar-refractivity contribution in [2.45, 2.75) is 44.9 Å². The fourth-order valence-electron chi connectivity index (χ4n) is 5.30. The topological polar surface area (TPSA) is 106 Å². The first-order valence-electron chi connectivity index (χ1n) is 12.8. The fourth-order valence-corrected chi connectivity index (χ4v) is 5.30. The molecule has 1 amide bonds. The SMILES string of the molecule is COc1cc2nc(C)nc(N[C@H](C)c3cc(N)cc(C(F)(F)F)c3)c2cc1OC(=O)N1CCN2CCCC2C1. The Labute approximate surface area is 224 Å². The van der Waals surface area contributed by atoms with Crippen molar-refractivity contribution in [3.8, 4) is 11.5 Å². The number of halogens is 3. The molecule has 0 aliphatic carbocycles. The van der Waals surface area contributed by atoms with Crippen LogP contribution in [-0.2, 0) is 6.18 Å². The Morgan fingerprint density at radius 1 is 1.13 bits per heavy atom. The molecule has 3 aromatic rings. The van der Waals surface area contributed by atoms with Gasteiger partial charge < -0.3 is 25.4 Å². The second-order valence-corrected chi connectivity index (χ2v) is 10.0. The average Bonchev–Trinajstić information content (AvgIpc) is 3.35. The Morgan fingerprint density at radius 2 is 1.92 bits per heavy atom. The molecule has 39 heavy (non-hydrogen) atoms. The molecule has 0 spiro atoms. The van der Waals surface area contributed by atoms with Gasteiger partial charge in [0.05, 0.1) is 24.2 Å². The highest BCUT2D eigenvalue weighted by atomic mass is 19.4. The number of hydrogen-bond donors (Lipinski definition) is 2. The standard InChI is InChI=1S/C27H31F3N6O3/c1-15(17-9-18(27(28,29)30)11-19(31)10-17)32-25-21-12-24(23(38-3)13-22(21)33-16(2)34-25)39-26(37)36-8-7-35-6-4-5-20(35)14-36/h9-13,15,20H,4-8,14,31H2,1-3H3,(H,32,33,34)/t15-,20?/m1/s1. The first-order chi connectivity index (χ1) is 18.5. The monoisotopic (exact) mass is 544 g/mol. The number of piperazine rings is 1. The van der Waals surface area contributed by atoms with E-state index in [2.05, 4.69) is 20.2 Å². The summed E-state index contributed by atoms with van der Waals surface area (Å²) in [5, 5.41) is 3.71. The summed E-state index contributed by atoms with van der Waals surface area (Å²) < 4.78 is 51.4. The molecule has 2 aromatic carbocycles. The van der Waals surface area contributed by atoms with Crippen LogP contribution in [0.3, 0.4) is 0 Å². The van der Waals surface area contributed by atoms with Crippen LogP contribution >= 0.6 is 0 Å². The lowest BCUT2D eigenvalue weighted by molar-refractivity contribution is -0.137. The van der Waals surface area contributed by atoms with Crippen molar-refractivity contribution in [1.82, 2.24) is 19.8 Å². The zero-order valence-electron chi connectivity index (χ0n) is 22.0. The molecule has 0 saturated carbocycles. The number of fused-ring (bicyclic) bond motifs is 2. The lowest BCUT2D eigenvalue weighted by Gasteiger charge is -2.36.